The fraction of sp³-hybridized carbons (Fsp3) is 0.393. The average molecular weight is 550 g/mol. The van der Waals surface area contributed by atoms with Crippen molar-refractivity contribution < 1.29 is 14.3 Å². The third kappa shape index (κ3) is 6.86. The number of hydrogen-bond acceptors (Lipinski definition) is 7. The number of amides is 2. The lowest BCUT2D eigenvalue weighted by Gasteiger charge is -2.36. The molecule has 0 aliphatic carbocycles. The van der Waals surface area contributed by atoms with Crippen LogP contribution in [0.3, 0.4) is 0 Å². The lowest BCUT2D eigenvalue weighted by Crippen LogP contribution is -2.50. The van der Waals surface area contributed by atoms with Gasteiger partial charge in [-0.3, -0.25) is 9.48 Å². The third-order valence-corrected chi connectivity index (χ3v) is 6.63. The topological polar surface area (TPSA) is 108 Å². The molecule has 11 heteroatoms. The fourth-order valence-corrected chi connectivity index (χ4v) is 4.50. The van der Waals surface area contributed by atoms with E-state index in [1.54, 1.807) is 58.2 Å². The Bertz CT molecular complexity index is 1370. The number of benzene rings is 1. The molecule has 0 unspecified atom stereocenters. The highest BCUT2D eigenvalue weighted by Gasteiger charge is 2.27. The second-order valence-electron chi connectivity index (χ2n) is 10.4. The number of ether oxygens (including phenoxy) is 1. The van der Waals surface area contributed by atoms with E-state index in [-0.39, 0.29) is 12.0 Å². The molecule has 2 amide bonds. The second kappa shape index (κ2) is 11.7. The van der Waals surface area contributed by atoms with Crippen molar-refractivity contribution in [3.63, 3.8) is 0 Å². The largest absolute Gasteiger partial charge is 0.444 e. The minimum Gasteiger partial charge on any atom is -0.444 e. The summed E-state index contributed by atoms with van der Waals surface area (Å²) in [6.07, 6.45) is 4.90. The van der Waals surface area contributed by atoms with Gasteiger partial charge >= 0.3 is 6.09 Å². The van der Waals surface area contributed by atoms with E-state index in [2.05, 4.69) is 16.2 Å². The van der Waals surface area contributed by atoms with Crippen LogP contribution in [-0.2, 0) is 11.3 Å². The van der Waals surface area contributed by atoms with Gasteiger partial charge in [-0.1, -0.05) is 17.7 Å². The van der Waals surface area contributed by atoms with E-state index >= 15 is 0 Å². The van der Waals surface area contributed by atoms with Gasteiger partial charge in [0.1, 0.15) is 17.5 Å². The number of pyridine rings is 1. The molecule has 10 nitrogen and oxygen atoms in total. The molecule has 1 aromatic carbocycles. The first kappa shape index (κ1) is 27.9. The summed E-state index contributed by atoms with van der Waals surface area (Å²) in [6, 6.07) is 11.1. The molecule has 1 aliphatic heterocycles. The van der Waals surface area contributed by atoms with Gasteiger partial charge in [0.05, 0.1) is 22.7 Å². The van der Waals surface area contributed by atoms with Crippen molar-refractivity contribution in [1.82, 2.24) is 24.6 Å². The van der Waals surface area contributed by atoms with E-state index in [0.29, 0.717) is 61.2 Å². The second-order valence-corrected chi connectivity index (χ2v) is 10.8. The minimum atomic E-state index is -0.551. The number of nitrogens with zero attached hydrogens (tertiary/aromatic N) is 7. The molecule has 4 rings (SSSR count). The zero-order valence-corrected chi connectivity index (χ0v) is 23.4. The Balaban J connectivity index is 1.43. The maximum absolute atomic E-state index is 12.9. The van der Waals surface area contributed by atoms with Gasteiger partial charge in [-0.25, -0.2) is 9.78 Å². The predicted octanol–water partition coefficient (Wildman–Crippen LogP) is 4.30. The van der Waals surface area contributed by atoms with Gasteiger partial charge in [0.2, 0.25) is 0 Å². The van der Waals surface area contributed by atoms with Gasteiger partial charge in [-0.15, -0.1) is 0 Å². The third-order valence-electron chi connectivity index (χ3n) is 6.32. The Labute approximate surface area is 233 Å². The summed E-state index contributed by atoms with van der Waals surface area (Å²) < 4.78 is 7.23. The highest BCUT2D eigenvalue weighted by molar-refractivity contribution is 6.34. The van der Waals surface area contributed by atoms with Crippen molar-refractivity contribution >= 4 is 29.4 Å². The number of carbonyl (C=O) groups excluding carboxylic acids is 2. The lowest BCUT2D eigenvalue weighted by atomic mass is 10.0. The first-order chi connectivity index (χ1) is 18.6. The highest BCUT2D eigenvalue weighted by Crippen LogP contribution is 2.29. The molecular formula is C28H32ClN7O3. The van der Waals surface area contributed by atoms with Crippen molar-refractivity contribution in [2.75, 3.05) is 44.7 Å². The fourth-order valence-electron chi connectivity index (χ4n) is 4.24. The number of aromatic nitrogens is 3. The summed E-state index contributed by atoms with van der Waals surface area (Å²) in [7, 11) is 1.73. The minimum absolute atomic E-state index is 0.185. The van der Waals surface area contributed by atoms with E-state index in [1.165, 1.54) is 0 Å². The molecule has 2 aromatic heterocycles. The van der Waals surface area contributed by atoms with Crippen LogP contribution in [0.4, 0.5) is 10.6 Å². The normalized spacial score (nSPS) is 13.6. The van der Waals surface area contributed by atoms with Crippen LogP contribution >= 0.6 is 11.6 Å². The molecule has 1 aliphatic rings. The van der Waals surface area contributed by atoms with Crippen molar-refractivity contribution in [2.24, 2.45) is 0 Å². The van der Waals surface area contributed by atoms with Crippen molar-refractivity contribution in [2.45, 2.75) is 32.9 Å². The molecule has 0 atom stereocenters. The summed E-state index contributed by atoms with van der Waals surface area (Å²) >= 11 is 6.52. The van der Waals surface area contributed by atoms with Gasteiger partial charge in [-0.2, -0.15) is 10.4 Å². The van der Waals surface area contributed by atoms with E-state index < -0.39 is 5.60 Å². The summed E-state index contributed by atoms with van der Waals surface area (Å²) in [5, 5.41) is 14.3. The quantitative estimate of drug-likeness (QED) is 0.451. The highest BCUT2D eigenvalue weighted by atomic mass is 35.5. The maximum Gasteiger partial charge on any atom is 0.410 e. The molecule has 0 spiro atoms. The standard InChI is InChI=1S/C28H32ClN7O3/c1-28(2,3)39-27(38)35-13-11-34(12-14-35)25-21(18-30)16-22(19-31-25)20-6-7-23(24(29)17-20)26(37)33(4)10-15-36-9-5-8-32-36/h5-9,16-17,19H,10-15H2,1-4H3. The van der Waals surface area contributed by atoms with E-state index in [4.69, 9.17) is 16.3 Å². The molecule has 0 N–H and O–H groups in total. The molecule has 39 heavy (non-hydrogen) atoms. The number of piperazine rings is 1. The smallest absolute Gasteiger partial charge is 0.410 e. The van der Waals surface area contributed by atoms with Crippen molar-refractivity contribution in [1.29, 1.82) is 5.26 Å². The Hall–Kier alpha value is -4.10. The molecule has 0 radical (unpaired) electrons. The van der Waals surface area contributed by atoms with Crippen molar-refractivity contribution in [3.05, 3.63) is 65.1 Å². The number of nitriles is 1. The van der Waals surface area contributed by atoms with Crippen LogP contribution in [0.2, 0.25) is 5.02 Å². The summed E-state index contributed by atoms with van der Waals surface area (Å²) in [5.41, 5.74) is 1.74. The number of carbonyl (C=O) groups is 2. The van der Waals surface area contributed by atoms with Crippen LogP contribution in [0.5, 0.6) is 0 Å². The predicted molar refractivity (Wildman–Crippen MR) is 149 cm³/mol. The first-order valence-corrected chi connectivity index (χ1v) is 13.1. The molecule has 204 valence electrons. The van der Waals surface area contributed by atoms with Gasteiger partial charge in [0, 0.05) is 63.9 Å². The van der Waals surface area contributed by atoms with Crippen LogP contribution < -0.4 is 4.90 Å². The molecule has 0 bridgehead atoms. The van der Waals surface area contributed by atoms with E-state index in [0.717, 1.165) is 11.1 Å². The Morgan fingerprint density at radius 3 is 2.51 bits per heavy atom. The van der Waals surface area contributed by atoms with Crippen LogP contribution in [0.1, 0.15) is 36.7 Å². The van der Waals surface area contributed by atoms with Gasteiger partial charge < -0.3 is 19.4 Å². The number of anilines is 1. The molecule has 0 saturated carbocycles. The summed E-state index contributed by atoms with van der Waals surface area (Å²) in [6.45, 7) is 8.62. The SMILES string of the molecule is CN(CCn1cccn1)C(=O)c1ccc(-c2cnc(N3CCN(C(=O)OC(C)(C)C)CC3)c(C#N)c2)cc1Cl. The van der Waals surface area contributed by atoms with Crippen LogP contribution in [0.15, 0.2) is 48.9 Å². The Kier molecular flexibility index (Phi) is 8.41. The Morgan fingerprint density at radius 1 is 1.15 bits per heavy atom. The van der Waals surface area contributed by atoms with Gasteiger partial charge in [-0.05, 0) is 50.6 Å². The zero-order chi connectivity index (χ0) is 28.2. The zero-order valence-electron chi connectivity index (χ0n) is 22.6. The molecule has 1 fully saturated rings. The van der Waals surface area contributed by atoms with Crippen LogP contribution in [0, 0.1) is 11.3 Å². The molecule has 1 saturated heterocycles. The number of rotatable bonds is 6. The lowest BCUT2D eigenvalue weighted by molar-refractivity contribution is 0.0240. The van der Waals surface area contributed by atoms with E-state index in [1.807, 2.05) is 37.9 Å². The van der Waals surface area contributed by atoms with E-state index in [9.17, 15) is 14.9 Å². The summed E-state index contributed by atoms with van der Waals surface area (Å²) in [5.74, 6) is 0.386. The van der Waals surface area contributed by atoms with Crippen molar-refractivity contribution in [3.8, 4) is 17.2 Å². The van der Waals surface area contributed by atoms with Crippen LogP contribution in [0.25, 0.3) is 11.1 Å². The molecular weight excluding hydrogens is 518 g/mol. The number of halogens is 1. The molecule has 3 aromatic rings. The monoisotopic (exact) mass is 549 g/mol. The maximum atomic E-state index is 12.9. The summed E-state index contributed by atoms with van der Waals surface area (Å²) in [4.78, 5) is 35.2. The molecule has 3 heterocycles. The van der Waals surface area contributed by atoms with Gasteiger partial charge in [0.25, 0.3) is 5.91 Å². The van der Waals surface area contributed by atoms with Crippen LogP contribution in [-0.4, -0.2) is 81.9 Å². The average Bonchev–Trinajstić information content (AvgIpc) is 3.44. The number of hydrogen-bond donors (Lipinski definition) is 0. The number of likely N-dealkylation sites (N-methyl/N-ethyl adjacent to an activating group) is 1. The first-order valence-electron chi connectivity index (χ1n) is 12.7. The van der Waals surface area contributed by atoms with Gasteiger partial charge in [0.15, 0.2) is 0 Å². The Morgan fingerprint density at radius 2 is 1.90 bits per heavy atom.